The third-order valence-corrected chi connectivity index (χ3v) is 7.24. The quantitative estimate of drug-likeness (QED) is 0.0934. The molecule has 1 aromatic rings. The Labute approximate surface area is 246 Å². The maximum Gasteiger partial charge on any atom is 0.416 e. The van der Waals surface area contributed by atoms with Gasteiger partial charge in [0.15, 0.2) is 0 Å². The largest absolute Gasteiger partial charge is 0.457 e. The Morgan fingerprint density at radius 1 is 1.07 bits per heavy atom. The number of nitrogens with zero attached hydrogens (tertiary/aromatic N) is 6. The van der Waals surface area contributed by atoms with Gasteiger partial charge in [0.2, 0.25) is 0 Å². The van der Waals surface area contributed by atoms with E-state index in [1.807, 2.05) is 9.80 Å². The van der Waals surface area contributed by atoms with E-state index in [1.54, 1.807) is 0 Å². The molecule has 0 saturated carbocycles. The number of rotatable bonds is 13. The minimum Gasteiger partial charge on any atom is -0.457 e. The van der Waals surface area contributed by atoms with Gasteiger partial charge in [0, 0.05) is 49.4 Å². The van der Waals surface area contributed by atoms with Crippen molar-refractivity contribution in [2.75, 3.05) is 91.3 Å². The Kier molecular flexibility index (Phi) is 12.6. The number of esters is 1. The summed E-state index contributed by atoms with van der Waals surface area (Å²) in [6.45, 7) is 4.78. The molecule has 0 aromatic carbocycles. The summed E-state index contributed by atoms with van der Waals surface area (Å²) in [6.07, 6.45) is -6.02. The molecule has 0 radical (unpaired) electrons. The van der Waals surface area contributed by atoms with Crippen LogP contribution in [0, 0.1) is 0 Å². The number of nitrogen functional groups attached to an aromatic ring is 1. The number of halogens is 3. The number of hydrogen-bond acceptors (Lipinski definition) is 13. The summed E-state index contributed by atoms with van der Waals surface area (Å²) in [5, 5.41) is 10.1. The van der Waals surface area contributed by atoms with Crippen molar-refractivity contribution in [1.29, 1.82) is 0 Å². The van der Waals surface area contributed by atoms with E-state index in [9.17, 15) is 18.0 Å². The summed E-state index contributed by atoms with van der Waals surface area (Å²) in [5.41, 5.74) is 12.8. The zero-order chi connectivity index (χ0) is 30.7. The molecule has 4 rings (SSSR count). The lowest BCUT2D eigenvalue weighted by atomic mass is 9.93. The van der Waals surface area contributed by atoms with Crippen molar-refractivity contribution in [2.24, 2.45) is 5.11 Å². The molecule has 18 heteroatoms. The Morgan fingerprint density at radius 2 is 1.72 bits per heavy atom. The average molecular weight is 618 g/mol. The fraction of sp³-hybridized carbons (Fsp3) is 0.760. The first-order valence-corrected chi connectivity index (χ1v) is 14.1. The number of aromatic nitrogens is 1. The van der Waals surface area contributed by atoms with Gasteiger partial charge in [-0.2, -0.15) is 13.2 Å². The van der Waals surface area contributed by atoms with E-state index < -0.39 is 42.3 Å². The molecule has 3 saturated heterocycles. The lowest BCUT2D eigenvalue weighted by Gasteiger charge is -2.51. The molecule has 3 aliphatic rings. The smallest absolute Gasteiger partial charge is 0.416 e. The molecule has 0 spiro atoms. The second kappa shape index (κ2) is 16.3. The standard InChI is InChI=1S/C25H38F3N9O6/c26-25(27,28)18-15-19(29)31-16-17(18)21-22(43-20(38)1-7-39-13-14-40-8-2-32-35-30)23(36-3-9-41-10-4-36)34-24(33-21)37-5-11-42-12-6-37/h15-16,21-24,33-34H,1-14H2,(H2,29,31). The third kappa shape index (κ3) is 9.59. The molecule has 1 aromatic heterocycles. The highest BCUT2D eigenvalue weighted by Gasteiger charge is 2.48. The number of pyridine rings is 1. The highest BCUT2D eigenvalue weighted by molar-refractivity contribution is 5.70. The molecule has 240 valence electrons. The second-order valence-electron chi connectivity index (χ2n) is 10.0. The van der Waals surface area contributed by atoms with Crippen LogP contribution in [0.5, 0.6) is 0 Å². The van der Waals surface area contributed by atoms with Gasteiger partial charge >= 0.3 is 12.1 Å². The first kappa shape index (κ1) is 33.1. The number of ether oxygens (including phenoxy) is 5. The zero-order valence-electron chi connectivity index (χ0n) is 23.7. The Hall–Kier alpha value is -2.80. The number of carbonyl (C=O) groups excluding carboxylic acids is 1. The first-order valence-electron chi connectivity index (χ1n) is 14.1. The lowest BCUT2D eigenvalue weighted by Crippen LogP contribution is -2.73. The Morgan fingerprint density at radius 3 is 2.37 bits per heavy atom. The van der Waals surface area contributed by atoms with Crippen LogP contribution >= 0.6 is 0 Å². The molecule has 15 nitrogen and oxygen atoms in total. The number of morpholine rings is 2. The van der Waals surface area contributed by atoms with E-state index >= 15 is 0 Å². The van der Waals surface area contributed by atoms with Crippen LogP contribution in [0.4, 0.5) is 19.0 Å². The van der Waals surface area contributed by atoms with E-state index in [0.717, 1.165) is 12.3 Å². The zero-order valence-corrected chi connectivity index (χ0v) is 23.7. The van der Waals surface area contributed by atoms with Gasteiger partial charge in [-0.15, -0.1) is 0 Å². The molecular weight excluding hydrogens is 579 g/mol. The van der Waals surface area contributed by atoms with Crippen LogP contribution in [-0.4, -0.2) is 125 Å². The van der Waals surface area contributed by atoms with Crippen LogP contribution in [0.25, 0.3) is 10.4 Å². The molecule has 3 fully saturated rings. The van der Waals surface area contributed by atoms with Crippen LogP contribution < -0.4 is 16.4 Å². The molecule has 0 amide bonds. The summed E-state index contributed by atoms with van der Waals surface area (Å²) in [6, 6.07) is -0.283. The number of nitrogens with one attached hydrogen (secondary N) is 2. The molecule has 4 atom stereocenters. The second-order valence-corrected chi connectivity index (χ2v) is 10.0. The van der Waals surface area contributed by atoms with Crippen molar-refractivity contribution < 1.29 is 41.7 Å². The van der Waals surface area contributed by atoms with Crippen molar-refractivity contribution in [2.45, 2.75) is 37.2 Å². The van der Waals surface area contributed by atoms with Crippen molar-refractivity contribution in [3.63, 3.8) is 0 Å². The van der Waals surface area contributed by atoms with E-state index in [4.69, 9.17) is 34.9 Å². The predicted octanol–water partition coefficient (Wildman–Crippen LogP) is 0.836. The van der Waals surface area contributed by atoms with E-state index in [-0.39, 0.29) is 50.8 Å². The topological polar surface area (TPSA) is 181 Å². The SMILES string of the molecule is [N-]=[N+]=NCCOCCOCCC(=O)OC1C(c2cnc(N)cc2C(F)(F)F)NC(N2CCOCC2)NC1N1CCOCC1. The van der Waals surface area contributed by atoms with Gasteiger partial charge in [0.25, 0.3) is 0 Å². The van der Waals surface area contributed by atoms with Gasteiger partial charge in [0.05, 0.1) is 70.9 Å². The normalized spacial score (nSPS) is 25.7. The molecule has 43 heavy (non-hydrogen) atoms. The van der Waals surface area contributed by atoms with Crippen molar-refractivity contribution in [3.8, 4) is 0 Å². The summed E-state index contributed by atoms with van der Waals surface area (Å²) in [4.78, 5) is 23.7. The maximum absolute atomic E-state index is 14.3. The van der Waals surface area contributed by atoms with Crippen LogP contribution in [0.1, 0.15) is 23.6 Å². The Bertz CT molecular complexity index is 1090. The number of carbonyl (C=O) groups is 1. The van der Waals surface area contributed by atoms with E-state index in [1.165, 1.54) is 0 Å². The molecule has 3 aliphatic heterocycles. The number of anilines is 1. The molecule has 0 aliphatic carbocycles. The summed E-state index contributed by atoms with van der Waals surface area (Å²) in [5.74, 6) is -0.908. The highest BCUT2D eigenvalue weighted by Crippen LogP contribution is 2.39. The predicted molar refractivity (Wildman–Crippen MR) is 145 cm³/mol. The monoisotopic (exact) mass is 617 g/mol. The van der Waals surface area contributed by atoms with Gasteiger partial charge in [-0.3, -0.25) is 25.2 Å². The van der Waals surface area contributed by atoms with Gasteiger partial charge in [-0.1, -0.05) is 5.11 Å². The molecule has 4 unspecified atom stereocenters. The summed E-state index contributed by atoms with van der Waals surface area (Å²) < 4.78 is 70.5. The van der Waals surface area contributed by atoms with Gasteiger partial charge in [-0.25, -0.2) is 4.98 Å². The van der Waals surface area contributed by atoms with Crippen molar-refractivity contribution >= 4 is 11.8 Å². The van der Waals surface area contributed by atoms with E-state index in [2.05, 4.69) is 25.6 Å². The lowest BCUT2D eigenvalue weighted by molar-refractivity contribution is -0.167. The summed E-state index contributed by atoms with van der Waals surface area (Å²) in [7, 11) is 0. The van der Waals surface area contributed by atoms with Gasteiger partial charge < -0.3 is 29.4 Å². The third-order valence-electron chi connectivity index (χ3n) is 7.24. The number of alkyl halides is 3. The van der Waals surface area contributed by atoms with Crippen LogP contribution in [0.15, 0.2) is 17.4 Å². The van der Waals surface area contributed by atoms with Crippen molar-refractivity contribution in [1.82, 2.24) is 25.4 Å². The van der Waals surface area contributed by atoms with Crippen LogP contribution in [0.2, 0.25) is 0 Å². The van der Waals surface area contributed by atoms with Crippen molar-refractivity contribution in [3.05, 3.63) is 33.8 Å². The molecule has 4 heterocycles. The fourth-order valence-corrected chi connectivity index (χ4v) is 5.18. The highest BCUT2D eigenvalue weighted by atomic mass is 19.4. The molecular formula is C25H38F3N9O6. The number of azide groups is 1. The minimum absolute atomic E-state index is 0.0205. The first-order chi connectivity index (χ1) is 20.8. The van der Waals surface area contributed by atoms with Gasteiger partial charge in [0.1, 0.15) is 24.4 Å². The van der Waals surface area contributed by atoms with Crippen LogP contribution in [-0.2, 0) is 34.7 Å². The summed E-state index contributed by atoms with van der Waals surface area (Å²) >= 11 is 0. The minimum atomic E-state index is -4.73. The fourth-order valence-electron chi connectivity index (χ4n) is 5.18. The van der Waals surface area contributed by atoms with Gasteiger partial charge in [-0.05, 0) is 11.6 Å². The number of nitrogens with two attached hydrogens (primary N) is 1. The number of hydrogen-bond donors (Lipinski definition) is 3. The Balaban J connectivity index is 1.54. The average Bonchev–Trinajstić information content (AvgIpc) is 3.01. The van der Waals surface area contributed by atoms with Crippen LogP contribution in [0.3, 0.4) is 0 Å². The molecule has 0 bridgehead atoms. The maximum atomic E-state index is 14.3. The van der Waals surface area contributed by atoms with E-state index in [0.29, 0.717) is 52.6 Å². The molecule has 4 N–H and O–H groups in total.